The Bertz CT molecular complexity index is 734. The summed E-state index contributed by atoms with van der Waals surface area (Å²) in [5.74, 6) is -0.271. The van der Waals surface area contributed by atoms with Crippen molar-refractivity contribution in [2.45, 2.75) is 13.0 Å². The van der Waals surface area contributed by atoms with Crippen LogP contribution in [-0.2, 0) is 14.3 Å². The molecule has 1 N–H and O–H groups in total. The van der Waals surface area contributed by atoms with Crippen LogP contribution in [0, 0.1) is 11.3 Å². The van der Waals surface area contributed by atoms with Crippen LogP contribution in [0.3, 0.4) is 0 Å². The van der Waals surface area contributed by atoms with Gasteiger partial charge in [-0.15, -0.1) is 0 Å². The first kappa shape index (κ1) is 17.1. The molecule has 0 aliphatic heterocycles. The average Bonchev–Trinajstić information content (AvgIpc) is 3.13. The largest absolute Gasteiger partial charge is 0.481 e. The van der Waals surface area contributed by atoms with Crippen molar-refractivity contribution in [3.05, 3.63) is 54.0 Å². The number of nitrogens with zero attached hydrogens (tertiary/aromatic N) is 1. The lowest BCUT2D eigenvalue weighted by Crippen LogP contribution is -2.31. The van der Waals surface area contributed by atoms with Gasteiger partial charge in [0.05, 0.1) is 17.9 Å². The minimum atomic E-state index is -0.705. The summed E-state index contributed by atoms with van der Waals surface area (Å²) in [6.07, 6.45) is 1.51. The van der Waals surface area contributed by atoms with Gasteiger partial charge in [0.15, 0.2) is 13.2 Å². The van der Waals surface area contributed by atoms with Crippen molar-refractivity contribution in [3.63, 3.8) is 0 Å². The van der Waals surface area contributed by atoms with Crippen molar-refractivity contribution in [2.75, 3.05) is 13.2 Å². The van der Waals surface area contributed by atoms with Gasteiger partial charge in [-0.3, -0.25) is 4.79 Å². The molecule has 1 aromatic carbocycles. The van der Waals surface area contributed by atoms with Crippen LogP contribution < -0.4 is 10.1 Å². The van der Waals surface area contributed by atoms with Crippen LogP contribution in [0.5, 0.6) is 5.75 Å². The Hall–Kier alpha value is -3.27. The van der Waals surface area contributed by atoms with E-state index >= 15 is 0 Å². The molecule has 0 saturated carbocycles. The van der Waals surface area contributed by atoms with Crippen LogP contribution in [0.1, 0.15) is 24.3 Å². The molecule has 24 heavy (non-hydrogen) atoms. The molecule has 0 bridgehead atoms. The number of hydrogen-bond donors (Lipinski definition) is 1. The van der Waals surface area contributed by atoms with Gasteiger partial charge in [-0.05, 0) is 31.2 Å². The van der Waals surface area contributed by atoms with Gasteiger partial charge < -0.3 is 19.2 Å². The number of rotatable bonds is 7. The monoisotopic (exact) mass is 328 g/mol. The van der Waals surface area contributed by atoms with E-state index in [1.165, 1.54) is 6.26 Å². The van der Waals surface area contributed by atoms with Crippen molar-refractivity contribution in [1.29, 1.82) is 5.26 Å². The fraction of sp³-hybridized carbons (Fsp3) is 0.235. The van der Waals surface area contributed by atoms with Crippen molar-refractivity contribution in [1.82, 2.24) is 5.32 Å². The fourth-order valence-corrected chi connectivity index (χ4v) is 1.90. The summed E-state index contributed by atoms with van der Waals surface area (Å²) in [5.41, 5.74) is 0.315. The Labute approximate surface area is 138 Å². The van der Waals surface area contributed by atoms with Gasteiger partial charge in [0.2, 0.25) is 0 Å². The Morgan fingerprint density at radius 2 is 2.04 bits per heavy atom. The van der Waals surface area contributed by atoms with Crippen molar-refractivity contribution < 1.29 is 23.5 Å². The topological polar surface area (TPSA) is 102 Å². The van der Waals surface area contributed by atoms with Gasteiger partial charge in [0.1, 0.15) is 17.6 Å². The predicted octanol–water partition coefficient (Wildman–Crippen LogP) is 1.95. The molecule has 0 unspecified atom stereocenters. The third-order valence-corrected chi connectivity index (χ3v) is 3.06. The van der Waals surface area contributed by atoms with E-state index in [-0.39, 0.29) is 18.4 Å². The summed E-state index contributed by atoms with van der Waals surface area (Å²) in [5, 5.41) is 11.6. The van der Waals surface area contributed by atoms with Gasteiger partial charge in [0.25, 0.3) is 5.91 Å². The summed E-state index contributed by atoms with van der Waals surface area (Å²) in [6, 6.07) is 11.6. The lowest BCUT2D eigenvalue weighted by molar-refractivity contribution is -0.150. The molecule has 2 aromatic rings. The summed E-state index contributed by atoms with van der Waals surface area (Å²) in [7, 11) is 0. The highest BCUT2D eigenvalue weighted by atomic mass is 16.6. The molecular weight excluding hydrogens is 312 g/mol. The number of nitrogens with one attached hydrogen (secondary N) is 1. The van der Waals surface area contributed by atoms with Crippen LogP contribution in [0.25, 0.3) is 0 Å². The molecule has 1 atom stereocenters. The second kappa shape index (κ2) is 8.39. The summed E-state index contributed by atoms with van der Waals surface area (Å²) in [4.78, 5) is 23.3. The molecule has 7 heteroatoms. The van der Waals surface area contributed by atoms with Crippen molar-refractivity contribution in [2.24, 2.45) is 0 Å². The number of hydrogen-bond acceptors (Lipinski definition) is 6. The number of ether oxygens (including phenoxy) is 2. The first-order chi connectivity index (χ1) is 11.6. The molecule has 0 aliphatic rings. The number of carbonyl (C=O) groups is 2. The molecule has 0 radical (unpaired) electrons. The van der Waals surface area contributed by atoms with E-state index in [2.05, 4.69) is 5.32 Å². The summed E-state index contributed by atoms with van der Waals surface area (Å²) >= 11 is 0. The van der Waals surface area contributed by atoms with Gasteiger partial charge in [0, 0.05) is 0 Å². The van der Waals surface area contributed by atoms with Gasteiger partial charge in [-0.1, -0.05) is 12.1 Å². The minimum Gasteiger partial charge on any atom is -0.481 e. The molecule has 0 fully saturated rings. The zero-order valence-corrected chi connectivity index (χ0v) is 13.0. The number of nitriles is 1. The van der Waals surface area contributed by atoms with E-state index in [4.69, 9.17) is 19.2 Å². The molecule has 0 aliphatic carbocycles. The SMILES string of the molecule is C[C@H](NC(=O)COC(=O)COc1ccccc1C#N)c1ccco1. The molecule has 7 nitrogen and oxygen atoms in total. The highest BCUT2D eigenvalue weighted by Crippen LogP contribution is 2.16. The normalized spacial score (nSPS) is 11.2. The molecule has 1 aromatic heterocycles. The van der Waals surface area contributed by atoms with E-state index in [9.17, 15) is 9.59 Å². The van der Waals surface area contributed by atoms with Crippen LogP contribution in [0.4, 0.5) is 0 Å². The highest BCUT2D eigenvalue weighted by molar-refractivity contribution is 5.81. The maximum Gasteiger partial charge on any atom is 0.344 e. The van der Waals surface area contributed by atoms with Crippen LogP contribution in [-0.4, -0.2) is 25.1 Å². The molecular formula is C17H16N2O5. The lowest BCUT2D eigenvalue weighted by Gasteiger charge is -2.12. The van der Waals surface area contributed by atoms with E-state index in [1.807, 2.05) is 6.07 Å². The molecule has 1 heterocycles. The standard InChI is InChI=1S/C17H16N2O5/c1-12(14-7-4-8-22-14)19-16(20)10-24-17(21)11-23-15-6-3-2-5-13(15)9-18/h2-8,12H,10-11H2,1H3,(H,19,20)/t12-/m0/s1. The lowest BCUT2D eigenvalue weighted by atomic mass is 10.2. The number of furan rings is 1. The second-order valence-electron chi connectivity index (χ2n) is 4.86. The maximum atomic E-state index is 11.7. The Morgan fingerprint density at radius 3 is 2.75 bits per heavy atom. The smallest absolute Gasteiger partial charge is 0.344 e. The molecule has 0 saturated heterocycles. The van der Waals surface area contributed by atoms with Crippen LogP contribution in [0.2, 0.25) is 0 Å². The first-order valence-electron chi connectivity index (χ1n) is 7.20. The zero-order chi connectivity index (χ0) is 17.4. The number of carbonyl (C=O) groups excluding carboxylic acids is 2. The Morgan fingerprint density at radius 1 is 1.25 bits per heavy atom. The third-order valence-electron chi connectivity index (χ3n) is 3.06. The molecule has 0 spiro atoms. The molecule has 124 valence electrons. The second-order valence-corrected chi connectivity index (χ2v) is 4.86. The van der Waals surface area contributed by atoms with Gasteiger partial charge in [-0.25, -0.2) is 4.79 Å². The fourth-order valence-electron chi connectivity index (χ4n) is 1.90. The van der Waals surface area contributed by atoms with E-state index in [0.29, 0.717) is 11.3 Å². The number of benzene rings is 1. The van der Waals surface area contributed by atoms with Crippen LogP contribution in [0.15, 0.2) is 47.1 Å². The van der Waals surface area contributed by atoms with Crippen molar-refractivity contribution >= 4 is 11.9 Å². The quantitative estimate of drug-likeness (QED) is 0.780. The Kier molecular flexibility index (Phi) is 5.97. The first-order valence-corrected chi connectivity index (χ1v) is 7.20. The Balaban J connectivity index is 1.73. The number of amides is 1. The predicted molar refractivity (Wildman–Crippen MR) is 82.9 cm³/mol. The number of para-hydroxylation sites is 1. The van der Waals surface area contributed by atoms with E-state index in [1.54, 1.807) is 43.3 Å². The summed E-state index contributed by atoms with van der Waals surface area (Å²) in [6.45, 7) is 0.938. The van der Waals surface area contributed by atoms with Gasteiger partial charge in [-0.2, -0.15) is 5.26 Å². The molecule has 1 amide bonds. The van der Waals surface area contributed by atoms with E-state index < -0.39 is 18.5 Å². The maximum absolute atomic E-state index is 11.7. The minimum absolute atomic E-state index is 0.285. The number of esters is 1. The zero-order valence-electron chi connectivity index (χ0n) is 13.0. The average molecular weight is 328 g/mol. The van der Waals surface area contributed by atoms with Crippen molar-refractivity contribution in [3.8, 4) is 11.8 Å². The summed E-state index contributed by atoms with van der Waals surface area (Å²) < 4.78 is 15.2. The van der Waals surface area contributed by atoms with E-state index in [0.717, 1.165) is 0 Å². The van der Waals surface area contributed by atoms with Gasteiger partial charge >= 0.3 is 5.97 Å². The third kappa shape index (κ3) is 4.88. The van der Waals surface area contributed by atoms with Crippen LogP contribution >= 0.6 is 0 Å². The molecule has 2 rings (SSSR count). The highest BCUT2D eigenvalue weighted by Gasteiger charge is 2.14.